The van der Waals surface area contributed by atoms with Crippen molar-refractivity contribution < 1.29 is 74.7 Å². The van der Waals surface area contributed by atoms with E-state index in [1.165, 1.54) is 62.3 Å². The van der Waals surface area contributed by atoms with Crippen molar-refractivity contribution >= 4 is 0 Å². The summed E-state index contributed by atoms with van der Waals surface area (Å²) in [4.78, 5) is 0. The largest absolute Gasteiger partial charge is 0.393 e. The molecule has 0 amide bonds. The summed E-state index contributed by atoms with van der Waals surface area (Å²) in [6.45, 7) is 17.6. The van der Waals surface area contributed by atoms with Gasteiger partial charge in [0.05, 0.1) is 68.5 Å². The average molecular weight is 755 g/mol. The fourth-order valence-corrected chi connectivity index (χ4v) is 9.10. The van der Waals surface area contributed by atoms with E-state index in [4.69, 9.17) is 23.7 Å². The molecule has 3 fully saturated rings. The van der Waals surface area contributed by atoms with Crippen molar-refractivity contribution in [3.63, 3.8) is 0 Å². The summed E-state index contributed by atoms with van der Waals surface area (Å²) in [5.41, 5.74) is -22.2. The molecule has 3 aliphatic rings. The molecule has 0 bridgehead atoms. The third-order valence-corrected chi connectivity index (χ3v) is 14.9. The lowest BCUT2D eigenvalue weighted by Crippen LogP contribution is -2.85. The first kappa shape index (κ1) is 45.8. The van der Waals surface area contributed by atoms with Crippen molar-refractivity contribution in [3.8, 4) is 0 Å². The van der Waals surface area contributed by atoms with Crippen molar-refractivity contribution in [1.82, 2.24) is 0 Å². The molecule has 0 aromatic carbocycles. The molecular formula is C37H70O15. The maximum atomic E-state index is 12.5. The van der Waals surface area contributed by atoms with E-state index in [2.05, 4.69) is 0 Å². The fraction of sp³-hybridized carbons (Fsp3) is 1.00. The number of hydrogen-bond acceptors (Lipinski definition) is 15. The number of aliphatic hydroxyl groups excluding tert-OH is 3. The van der Waals surface area contributed by atoms with Crippen LogP contribution in [0.25, 0.3) is 0 Å². The molecule has 3 saturated heterocycles. The molecule has 0 aromatic heterocycles. The SMILES string of the molecule is CC(O)(C[C@]1(C)CC(C)(CO)O[C@](C)(COC[C@]2(C)C(C)(CO)OCC(C)(O)[C@]2(C)O)C1(C)O)OC[C@@]1(C)OC(C)(CO)[C@@](C)(O)[C@@](C)(O)C1(C)O. The first-order chi connectivity index (χ1) is 22.9. The Balaban J connectivity index is 1.94. The summed E-state index contributed by atoms with van der Waals surface area (Å²) >= 11 is 0. The molecule has 15 nitrogen and oxygen atoms in total. The highest BCUT2D eigenvalue weighted by molar-refractivity contribution is 5.24. The molecule has 3 rings (SSSR count). The van der Waals surface area contributed by atoms with Gasteiger partial charge in [-0.2, -0.15) is 0 Å². The number of hydrogen-bond donors (Lipinski definition) is 10. The van der Waals surface area contributed by atoms with E-state index in [0.717, 1.165) is 0 Å². The Morgan fingerprint density at radius 3 is 1.52 bits per heavy atom. The van der Waals surface area contributed by atoms with Gasteiger partial charge in [0.15, 0.2) is 5.79 Å². The zero-order valence-electron chi connectivity index (χ0n) is 33.9. The van der Waals surface area contributed by atoms with Crippen molar-refractivity contribution in [2.45, 2.75) is 177 Å². The summed E-state index contributed by atoms with van der Waals surface area (Å²) < 4.78 is 30.8. The third-order valence-electron chi connectivity index (χ3n) is 14.9. The summed E-state index contributed by atoms with van der Waals surface area (Å²) in [5.74, 6) is -2.04. The lowest BCUT2D eigenvalue weighted by molar-refractivity contribution is -0.414. The molecule has 3 aliphatic heterocycles. The molecular weight excluding hydrogens is 684 g/mol. The maximum absolute atomic E-state index is 12.5. The van der Waals surface area contributed by atoms with Crippen LogP contribution in [-0.4, -0.2) is 165 Å². The van der Waals surface area contributed by atoms with Gasteiger partial charge in [-0.1, -0.05) is 13.8 Å². The second-order valence-electron chi connectivity index (χ2n) is 19.2. The molecule has 14 atom stereocenters. The summed E-state index contributed by atoms with van der Waals surface area (Å²) in [6.07, 6.45) is -0.215. The summed E-state index contributed by atoms with van der Waals surface area (Å²) in [7, 11) is 0. The number of ether oxygens (including phenoxy) is 5. The highest BCUT2D eigenvalue weighted by atomic mass is 16.7. The van der Waals surface area contributed by atoms with Crippen molar-refractivity contribution in [2.75, 3.05) is 46.2 Å². The van der Waals surface area contributed by atoms with Gasteiger partial charge in [-0.25, -0.2) is 0 Å². The Morgan fingerprint density at radius 2 is 1.04 bits per heavy atom. The van der Waals surface area contributed by atoms with E-state index in [-0.39, 0.29) is 32.7 Å². The van der Waals surface area contributed by atoms with Crippen LogP contribution >= 0.6 is 0 Å². The first-order valence-electron chi connectivity index (χ1n) is 18.0. The van der Waals surface area contributed by atoms with Crippen LogP contribution in [0.3, 0.4) is 0 Å². The molecule has 0 aromatic rings. The lowest BCUT2D eigenvalue weighted by atomic mass is 9.56. The van der Waals surface area contributed by atoms with Gasteiger partial charge < -0.3 is 74.7 Å². The molecule has 0 aliphatic carbocycles. The predicted octanol–water partition coefficient (Wildman–Crippen LogP) is -0.112. The minimum Gasteiger partial charge on any atom is -0.393 e. The highest BCUT2D eigenvalue weighted by Gasteiger charge is 2.74. The van der Waals surface area contributed by atoms with E-state index in [1.807, 2.05) is 0 Å². The average Bonchev–Trinajstić information content (AvgIpc) is 2.99. The van der Waals surface area contributed by atoms with Crippen LogP contribution in [-0.2, 0) is 23.7 Å². The third kappa shape index (κ3) is 6.31. The molecule has 15 heteroatoms. The quantitative estimate of drug-likeness (QED) is 0.117. The van der Waals surface area contributed by atoms with Gasteiger partial charge in [0.1, 0.15) is 44.8 Å². The minimum atomic E-state index is -2.24. The molecule has 0 spiro atoms. The molecule has 10 N–H and O–H groups in total. The van der Waals surface area contributed by atoms with Gasteiger partial charge in [-0.05, 0) is 89.5 Å². The Hall–Kier alpha value is -0.600. The molecule has 7 unspecified atom stereocenters. The van der Waals surface area contributed by atoms with Crippen LogP contribution in [0.15, 0.2) is 0 Å². The standard InChI is InChI=1S/C37H70O15/c1-24(16-32(9,42)50-23-31(8)36(13,46)37(14,47)35(12,45)29(6,19-40)52-31)15-25(2,17-38)51-30(7,33(24,10)43)22-48-20-26(3)28(5,18-39)49-21-27(4,41)34(26,11)44/h38-47H,15-23H2,1-14H3/t24-,25?,26+,27?,28?,29?,30+,31+,32?,33?,34+,35+,36?,37+/m0/s1. The van der Waals surface area contributed by atoms with Crippen LogP contribution in [0.2, 0.25) is 0 Å². The molecule has 52 heavy (non-hydrogen) atoms. The number of aliphatic hydroxyl groups is 10. The fourth-order valence-electron chi connectivity index (χ4n) is 9.10. The molecule has 308 valence electrons. The monoisotopic (exact) mass is 754 g/mol. The van der Waals surface area contributed by atoms with E-state index in [1.54, 1.807) is 34.6 Å². The van der Waals surface area contributed by atoms with Crippen LogP contribution in [0.5, 0.6) is 0 Å². The van der Waals surface area contributed by atoms with Gasteiger partial charge in [-0.3, -0.25) is 0 Å². The summed E-state index contributed by atoms with van der Waals surface area (Å²) in [6, 6.07) is 0. The topological polar surface area (TPSA) is 248 Å². The predicted molar refractivity (Wildman–Crippen MR) is 188 cm³/mol. The zero-order chi connectivity index (χ0) is 40.9. The van der Waals surface area contributed by atoms with Gasteiger partial charge in [0.25, 0.3) is 0 Å². The summed E-state index contributed by atoms with van der Waals surface area (Å²) in [5, 5.41) is 113. The van der Waals surface area contributed by atoms with Gasteiger partial charge in [0.2, 0.25) is 0 Å². The van der Waals surface area contributed by atoms with E-state index >= 15 is 0 Å². The molecule has 0 saturated carbocycles. The highest BCUT2D eigenvalue weighted by Crippen LogP contribution is 2.58. The second-order valence-corrected chi connectivity index (χ2v) is 19.2. The van der Waals surface area contributed by atoms with E-state index < -0.39 is 105 Å². The van der Waals surface area contributed by atoms with Crippen molar-refractivity contribution in [2.24, 2.45) is 10.8 Å². The van der Waals surface area contributed by atoms with Crippen molar-refractivity contribution in [3.05, 3.63) is 0 Å². The van der Waals surface area contributed by atoms with Crippen LogP contribution in [0.4, 0.5) is 0 Å². The molecule has 3 heterocycles. The second kappa shape index (κ2) is 13.0. The van der Waals surface area contributed by atoms with Crippen LogP contribution in [0.1, 0.15) is 110 Å². The van der Waals surface area contributed by atoms with Gasteiger partial charge >= 0.3 is 0 Å². The van der Waals surface area contributed by atoms with Crippen LogP contribution in [0, 0.1) is 10.8 Å². The normalized spacial score (nSPS) is 55.6. The van der Waals surface area contributed by atoms with E-state index in [9.17, 15) is 51.1 Å². The minimum absolute atomic E-state index is 0.0377. The smallest absolute Gasteiger partial charge is 0.163 e. The Kier molecular flexibility index (Phi) is 11.4. The zero-order valence-corrected chi connectivity index (χ0v) is 33.9. The molecule has 0 radical (unpaired) electrons. The Labute approximate surface area is 308 Å². The van der Waals surface area contributed by atoms with Gasteiger partial charge in [0, 0.05) is 11.8 Å². The number of rotatable bonds is 12. The van der Waals surface area contributed by atoms with Crippen LogP contribution < -0.4 is 0 Å². The van der Waals surface area contributed by atoms with Crippen molar-refractivity contribution in [1.29, 1.82) is 0 Å². The Bertz CT molecular complexity index is 1310. The van der Waals surface area contributed by atoms with Gasteiger partial charge in [-0.15, -0.1) is 0 Å². The maximum Gasteiger partial charge on any atom is 0.163 e. The first-order valence-corrected chi connectivity index (χ1v) is 18.0. The lowest BCUT2D eigenvalue weighted by Gasteiger charge is -2.65. The Morgan fingerprint density at radius 1 is 0.558 bits per heavy atom. The van der Waals surface area contributed by atoms with E-state index in [0.29, 0.717) is 0 Å².